The van der Waals surface area contributed by atoms with E-state index < -0.39 is 36.6 Å². The molecule has 1 fully saturated rings. The molecule has 1 saturated carbocycles. The van der Waals surface area contributed by atoms with E-state index in [1.807, 2.05) is 24.3 Å². The molecular formula is C19H21F3N2O3S. The quantitative estimate of drug-likeness (QED) is 0.726. The number of hydrogen-bond donors (Lipinski definition) is 1. The topological polar surface area (TPSA) is 68.3 Å². The highest BCUT2D eigenvalue weighted by Crippen LogP contribution is 2.41. The van der Waals surface area contributed by atoms with Crippen molar-refractivity contribution in [3.63, 3.8) is 0 Å². The number of halogens is 3. The van der Waals surface area contributed by atoms with E-state index in [-0.39, 0.29) is 0 Å². The fraction of sp³-hybridized carbons (Fsp3) is 0.526. The number of benzene rings is 1. The van der Waals surface area contributed by atoms with Crippen LogP contribution in [0.15, 0.2) is 24.3 Å². The summed E-state index contributed by atoms with van der Waals surface area (Å²) in [5.41, 5.74) is 0.0875. The Kier molecular flexibility index (Phi) is 6.22. The lowest BCUT2D eigenvalue weighted by Crippen LogP contribution is -2.41. The third-order valence-electron chi connectivity index (χ3n) is 4.89. The van der Waals surface area contributed by atoms with Gasteiger partial charge in [0.2, 0.25) is 0 Å². The lowest BCUT2D eigenvalue weighted by Gasteiger charge is -2.34. The number of esters is 1. The number of carbonyl (C=O) groups is 2. The molecule has 1 aromatic carbocycles. The second kappa shape index (κ2) is 8.46. The second-order valence-electron chi connectivity index (χ2n) is 7.06. The van der Waals surface area contributed by atoms with Gasteiger partial charge in [0, 0.05) is 6.42 Å². The molecule has 3 rings (SSSR count). The number of para-hydroxylation sites is 1. The summed E-state index contributed by atoms with van der Waals surface area (Å²) in [5, 5.41) is 2.53. The maximum Gasteiger partial charge on any atom is 0.405 e. The molecule has 9 heteroatoms. The number of thiazole rings is 1. The van der Waals surface area contributed by atoms with Crippen molar-refractivity contribution in [1.29, 1.82) is 0 Å². The fourth-order valence-corrected chi connectivity index (χ4v) is 4.61. The Bertz CT molecular complexity index is 811. The van der Waals surface area contributed by atoms with Crippen LogP contribution in [0.3, 0.4) is 0 Å². The molecule has 5 nitrogen and oxygen atoms in total. The van der Waals surface area contributed by atoms with E-state index >= 15 is 0 Å². The highest BCUT2D eigenvalue weighted by atomic mass is 32.1. The summed E-state index contributed by atoms with van der Waals surface area (Å²) in [6.07, 6.45) is -0.119. The Morgan fingerprint density at radius 3 is 2.57 bits per heavy atom. The van der Waals surface area contributed by atoms with Gasteiger partial charge in [0.1, 0.15) is 6.54 Å². The SMILES string of the molecule is O=C(COC(=O)C1(Cc2nc3ccccc3s2)CCCCC1)NCC(F)(F)F. The Morgan fingerprint density at radius 1 is 1.18 bits per heavy atom. The molecule has 152 valence electrons. The summed E-state index contributed by atoms with van der Waals surface area (Å²) in [6, 6.07) is 7.70. The summed E-state index contributed by atoms with van der Waals surface area (Å²) in [7, 11) is 0. The van der Waals surface area contributed by atoms with E-state index in [4.69, 9.17) is 4.74 Å². The van der Waals surface area contributed by atoms with E-state index in [1.54, 1.807) is 5.32 Å². The van der Waals surface area contributed by atoms with Gasteiger partial charge in [-0.1, -0.05) is 31.4 Å². The second-order valence-corrected chi connectivity index (χ2v) is 8.18. The number of ether oxygens (including phenoxy) is 1. The van der Waals surface area contributed by atoms with E-state index in [9.17, 15) is 22.8 Å². The number of aromatic nitrogens is 1. The molecule has 0 aliphatic heterocycles. The predicted octanol–water partition coefficient (Wildman–Crippen LogP) is 4.01. The third-order valence-corrected chi connectivity index (χ3v) is 5.93. The zero-order chi connectivity index (χ0) is 20.2. The van der Waals surface area contributed by atoms with Gasteiger partial charge in [-0.2, -0.15) is 13.2 Å². The van der Waals surface area contributed by atoms with E-state index in [2.05, 4.69) is 4.98 Å². The van der Waals surface area contributed by atoms with Gasteiger partial charge in [0.25, 0.3) is 5.91 Å². The van der Waals surface area contributed by atoms with Crippen LogP contribution in [-0.4, -0.2) is 36.2 Å². The molecule has 0 spiro atoms. The molecule has 0 unspecified atom stereocenters. The summed E-state index contributed by atoms with van der Waals surface area (Å²) < 4.78 is 42.7. The van der Waals surface area contributed by atoms with Crippen molar-refractivity contribution in [1.82, 2.24) is 10.3 Å². The molecule has 1 heterocycles. The molecule has 1 aliphatic carbocycles. The minimum atomic E-state index is -4.50. The minimum Gasteiger partial charge on any atom is -0.455 e. The van der Waals surface area contributed by atoms with Crippen molar-refractivity contribution in [2.45, 2.75) is 44.7 Å². The van der Waals surface area contributed by atoms with E-state index in [1.165, 1.54) is 11.3 Å². The maximum atomic E-state index is 12.8. The molecule has 28 heavy (non-hydrogen) atoms. The van der Waals surface area contributed by atoms with Crippen molar-refractivity contribution in [2.24, 2.45) is 5.41 Å². The lowest BCUT2D eigenvalue weighted by molar-refractivity contribution is -0.162. The number of amides is 1. The van der Waals surface area contributed by atoms with Crippen molar-refractivity contribution in [3.8, 4) is 0 Å². The summed E-state index contributed by atoms with van der Waals surface area (Å²) in [4.78, 5) is 28.9. The molecule has 1 N–H and O–H groups in total. The van der Waals surface area contributed by atoms with Crippen LogP contribution in [0.5, 0.6) is 0 Å². The molecule has 0 radical (unpaired) electrons. The molecule has 1 aromatic heterocycles. The van der Waals surface area contributed by atoms with Crippen molar-refractivity contribution in [2.75, 3.05) is 13.2 Å². The molecular weight excluding hydrogens is 393 g/mol. The van der Waals surface area contributed by atoms with Crippen LogP contribution >= 0.6 is 11.3 Å². The Hall–Kier alpha value is -2.16. The van der Waals surface area contributed by atoms with Crippen molar-refractivity contribution < 1.29 is 27.5 Å². The largest absolute Gasteiger partial charge is 0.455 e. The number of carbonyl (C=O) groups excluding carboxylic acids is 2. The van der Waals surface area contributed by atoms with Gasteiger partial charge in [0.05, 0.1) is 20.6 Å². The van der Waals surface area contributed by atoms with Crippen LogP contribution in [0.25, 0.3) is 10.2 Å². The zero-order valence-electron chi connectivity index (χ0n) is 15.2. The molecule has 2 aromatic rings. The maximum absolute atomic E-state index is 12.8. The molecule has 0 bridgehead atoms. The highest BCUT2D eigenvalue weighted by Gasteiger charge is 2.42. The van der Waals surface area contributed by atoms with Gasteiger partial charge in [-0.15, -0.1) is 11.3 Å². The molecule has 1 amide bonds. The van der Waals surface area contributed by atoms with Gasteiger partial charge in [-0.05, 0) is 25.0 Å². The minimum absolute atomic E-state index is 0.412. The van der Waals surface area contributed by atoms with Gasteiger partial charge < -0.3 is 10.1 Å². The van der Waals surface area contributed by atoms with Crippen molar-refractivity contribution in [3.05, 3.63) is 29.3 Å². The number of hydrogen-bond acceptors (Lipinski definition) is 5. The monoisotopic (exact) mass is 414 g/mol. The van der Waals surface area contributed by atoms with E-state index in [0.717, 1.165) is 34.5 Å². The smallest absolute Gasteiger partial charge is 0.405 e. The average Bonchev–Trinajstić information content (AvgIpc) is 3.06. The van der Waals surface area contributed by atoms with Gasteiger partial charge >= 0.3 is 12.1 Å². The van der Waals surface area contributed by atoms with Crippen LogP contribution in [-0.2, 0) is 20.7 Å². The third kappa shape index (κ3) is 5.21. The summed E-state index contributed by atoms with van der Waals surface area (Å²) >= 11 is 1.52. The first-order chi connectivity index (χ1) is 13.3. The van der Waals surface area contributed by atoms with Crippen LogP contribution in [0.2, 0.25) is 0 Å². The van der Waals surface area contributed by atoms with Gasteiger partial charge in [0.15, 0.2) is 6.61 Å². The Morgan fingerprint density at radius 2 is 1.89 bits per heavy atom. The van der Waals surface area contributed by atoms with E-state index in [0.29, 0.717) is 19.3 Å². The Labute approximate surface area is 164 Å². The van der Waals surface area contributed by atoms with Gasteiger partial charge in [-0.3, -0.25) is 9.59 Å². The average molecular weight is 414 g/mol. The van der Waals surface area contributed by atoms with Gasteiger partial charge in [-0.25, -0.2) is 4.98 Å². The van der Waals surface area contributed by atoms with Crippen LogP contribution in [0.1, 0.15) is 37.1 Å². The first-order valence-electron chi connectivity index (χ1n) is 9.13. The summed E-state index contributed by atoms with van der Waals surface area (Å²) in [5.74, 6) is -1.50. The predicted molar refractivity (Wildman–Crippen MR) is 98.9 cm³/mol. The first-order valence-corrected chi connectivity index (χ1v) is 9.94. The number of nitrogens with one attached hydrogen (secondary N) is 1. The highest BCUT2D eigenvalue weighted by molar-refractivity contribution is 7.18. The standard InChI is InChI=1S/C19H21F3N2O3S/c20-19(21,22)12-23-15(25)11-27-17(26)18(8-4-1-5-9-18)10-16-24-13-6-2-3-7-14(13)28-16/h2-3,6-7H,1,4-5,8-12H2,(H,23,25). The normalized spacial score (nSPS) is 16.7. The number of nitrogens with zero attached hydrogens (tertiary/aromatic N) is 1. The number of fused-ring (bicyclic) bond motifs is 1. The van der Waals surface area contributed by atoms with Crippen LogP contribution in [0.4, 0.5) is 13.2 Å². The van der Waals surface area contributed by atoms with Crippen LogP contribution in [0, 0.1) is 5.41 Å². The van der Waals surface area contributed by atoms with Crippen molar-refractivity contribution >= 4 is 33.4 Å². The van der Waals surface area contributed by atoms with Crippen LogP contribution < -0.4 is 5.32 Å². The molecule has 1 aliphatic rings. The fourth-order valence-electron chi connectivity index (χ4n) is 3.50. The molecule has 0 atom stereocenters. The number of rotatable bonds is 6. The lowest BCUT2D eigenvalue weighted by atomic mass is 9.72. The number of alkyl halides is 3. The zero-order valence-corrected chi connectivity index (χ0v) is 16.0. The Balaban J connectivity index is 1.66. The first kappa shape index (κ1) is 20.6. The summed E-state index contributed by atoms with van der Waals surface area (Å²) in [6.45, 7) is -2.16. The molecule has 0 saturated heterocycles.